The van der Waals surface area contributed by atoms with Crippen LogP contribution < -0.4 is 5.32 Å². The fourth-order valence-electron chi connectivity index (χ4n) is 3.60. The zero-order chi connectivity index (χ0) is 25.2. The molecule has 16 nitrogen and oxygen atoms in total. The van der Waals surface area contributed by atoms with E-state index >= 15 is 0 Å². The number of nitrogens with one attached hydrogen (secondary N) is 1. The van der Waals surface area contributed by atoms with Crippen molar-refractivity contribution < 1.29 is 74.9 Å². The molecule has 33 heavy (non-hydrogen) atoms. The topological polar surface area (TPSA) is 276 Å². The summed E-state index contributed by atoms with van der Waals surface area (Å²) < 4.78 is 15.2. The molecular formula is C17H29NO15. The van der Waals surface area contributed by atoms with Gasteiger partial charge in [0.1, 0.15) is 54.9 Å². The zero-order valence-electron chi connectivity index (χ0n) is 17.3. The highest BCUT2D eigenvalue weighted by Crippen LogP contribution is 2.35. The maximum Gasteiger partial charge on any atom is 0.367 e. The molecule has 2 aliphatic rings. The zero-order valence-corrected chi connectivity index (χ0v) is 17.3. The third-order valence-electron chi connectivity index (χ3n) is 5.48. The highest BCUT2D eigenvalue weighted by Gasteiger charge is 2.62. The SMILES string of the molecule is CC(=O)N[C@@H]1[C@@H](O)[C@H](O)[C@](OC[C@H]2OC(O)[C@H](O)[C@@H](O)[C@@H]2O)(C(=O)O)O[C@H]1[C@H](O)[C@H](O)CO. The van der Waals surface area contributed by atoms with Gasteiger partial charge in [-0.15, -0.1) is 0 Å². The van der Waals surface area contributed by atoms with Crippen molar-refractivity contribution >= 4 is 11.9 Å². The van der Waals surface area contributed by atoms with E-state index in [1.165, 1.54) is 0 Å². The number of aliphatic hydroxyl groups excluding tert-OH is 9. The predicted molar refractivity (Wildman–Crippen MR) is 98.8 cm³/mol. The molecule has 0 spiro atoms. The summed E-state index contributed by atoms with van der Waals surface area (Å²) in [5.41, 5.74) is 0. The van der Waals surface area contributed by atoms with Gasteiger partial charge < -0.3 is 70.6 Å². The van der Waals surface area contributed by atoms with Crippen LogP contribution in [0.3, 0.4) is 0 Å². The second-order valence-electron chi connectivity index (χ2n) is 7.81. The molecule has 0 aromatic rings. The van der Waals surface area contributed by atoms with Crippen molar-refractivity contribution in [2.75, 3.05) is 13.2 Å². The summed E-state index contributed by atoms with van der Waals surface area (Å²) in [5.74, 6) is -6.00. The van der Waals surface area contributed by atoms with E-state index in [-0.39, 0.29) is 0 Å². The summed E-state index contributed by atoms with van der Waals surface area (Å²) in [6.45, 7) is -1.00. The summed E-state index contributed by atoms with van der Waals surface area (Å²) >= 11 is 0. The van der Waals surface area contributed by atoms with Crippen molar-refractivity contribution in [3.63, 3.8) is 0 Å². The summed E-state index contributed by atoms with van der Waals surface area (Å²) in [7, 11) is 0. The number of amides is 1. The van der Waals surface area contributed by atoms with Gasteiger partial charge >= 0.3 is 5.97 Å². The van der Waals surface area contributed by atoms with E-state index < -0.39 is 98.1 Å². The Hall–Kier alpha value is -1.54. The van der Waals surface area contributed by atoms with E-state index in [2.05, 4.69) is 5.32 Å². The first-order valence-electron chi connectivity index (χ1n) is 9.81. The molecule has 2 aliphatic heterocycles. The van der Waals surface area contributed by atoms with E-state index in [0.29, 0.717) is 0 Å². The minimum absolute atomic E-state index is 0.783. The minimum atomic E-state index is -3.18. The number of aliphatic hydroxyl groups is 9. The summed E-state index contributed by atoms with van der Waals surface area (Å²) in [6, 6.07) is -1.67. The van der Waals surface area contributed by atoms with Gasteiger partial charge in [-0.2, -0.15) is 0 Å². The maximum absolute atomic E-state index is 12.1. The molecule has 0 aliphatic carbocycles. The Kier molecular flexibility index (Phi) is 9.07. The standard InChI is InChI=1S/C17H29NO15/c1-4(20)18-7-10(24)14(27)17(16(29)30,33-13(7)8(22)5(21)2-19)31-3-6-9(23)11(25)12(26)15(28)32-6/h5-15,19,21-28H,2-3H2,1H3,(H,18,20)(H,29,30)/t5-,6-,7-,8-,9-,10-,11+,12-,13-,14+,15?,17-/m1/s1. The molecule has 12 atom stereocenters. The van der Waals surface area contributed by atoms with E-state index in [4.69, 9.17) is 19.3 Å². The van der Waals surface area contributed by atoms with Gasteiger partial charge in [0, 0.05) is 6.92 Å². The third kappa shape index (κ3) is 5.42. The molecule has 2 rings (SSSR count). The molecule has 2 saturated heterocycles. The second kappa shape index (κ2) is 10.8. The normalized spacial score (nSPS) is 43.5. The van der Waals surface area contributed by atoms with Crippen LogP contribution in [-0.2, 0) is 23.8 Å². The van der Waals surface area contributed by atoms with Crippen molar-refractivity contribution in [3.8, 4) is 0 Å². The lowest BCUT2D eigenvalue weighted by Crippen LogP contribution is -2.74. The molecule has 0 radical (unpaired) electrons. The summed E-state index contributed by atoms with van der Waals surface area (Å²) in [6.07, 6.45) is -19.9. The largest absolute Gasteiger partial charge is 0.477 e. The average molecular weight is 487 g/mol. The van der Waals surface area contributed by atoms with E-state index in [1.54, 1.807) is 0 Å². The second-order valence-corrected chi connectivity index (χ2v) is 7.81. The van der Waals surface area contributed by atoms with Gasteiger partial charge in [-0.3, -0.25) is 4.79 Å². The number of carbonyl (C=O) groups is 2. The number of rotatable bonds is 8. The first-order chi connectivity index (χ1) is 15.3. The Bertz CT molecular complexity index is 695. The Morgan fingerprint density at radius 3 is 2.15 bits per heavy atom. The molecular weight excluding hydrogens is 458 g/mol. The Morgan fingerprint density at radius 2 is 1.64 bits per heavy atom. The molecule has 2 fully saturated rings. The number of hydrogen-bond acceptors (Lipinski definition) is 14. The lowest BCUT2D eigenvalue weighted by molar-refractivity contribution is -0.360. The number of carbonyl (C=O) groups excluding carboxylic acids is 1. The molecule has 0 bridgehead atoms. The number of carboxylic acid groups (broad SMARTS) is 1. The molecule has 0 aromatic heterocycles. The number of ether oxygens (including phenoxy) is 3. The monoisotopic (exact) mass is 487 g/mol. The first kappa shape index (κ1) is 27.7. The van der Waals surface area contributed by atoms with Gasteiger partial charge in [-0.05, 0) is 0 Å². The Balaban J connectivity index is 2.35. The summed E-state index contributed by atoms with van der Waals surface area (Å²) in [5, 5.41) is 101. The maximum atomic E-state index is 12.1. The van der Waals surface area contributed by atoms with Crippen molar-refractivity contribution in [1.29, 1.82) is 0 Å². The quantitative estimate of drug-likeness (QED) is 0.152. The van der Waals surface area contributed by atoms with Gasteiger partial charge in [0.05, 0.1) is 19.3 Å². The fraction of sp³-hybridized carbons (Fsp3) is 0.882. The fourth-order valence-corrected chi connectivity index (χ4v) is 3.60. The van der Waals surface area contributed by atoms with Crippen LogP contribution in [0.1, 0.15) is 6.92 Å². The molecule has 1 unspecified atom stereocenters. The van der Waals surface area contributed by atoms with Crippen LogP contribution in [0.2, 0.25) is 0 Å². The highest BCUT2D eigenvalue weighted by molar-refractivity contribution is 5.77. The van der Waals surface area contributed by atoms with E-state index in [0.717, 1.165) is 6.92 Å². The van der Waals surface area contributed by atoms with Crippen LogP contribution in [0, 0.1) is 0 Å². The van der Waals surface area contributed by atoms with Crippen molar-refractivity contribution in [2.45, 2.75) is 80.0 Å². The lowest BCUT2D eigenvalue weighted by Gasteiger charge is -2.49. The molecule has 11 N–H and O–H groups in total. The average Bonchev–Trinajstić information content (AvgIpc) is 2.76. The molecule has 2 heterocycles. The molecule has 0 saturated carbocycles. The third-order valence-corrected chi connectivity index (χ3v) is 5.48. The van der Waals surface area contributed by atoms with Crippen molar-refractivity contribution in [3.05, 3.63) is 0 Å². The van der Waals surface area contributed by atoms with Crippen LogP contribution in [0.15, 0.2) is 0 Å². The van der Waals surface area contributed by atoms with Gasteiger partial charge in [0.2, 0.25) is 5.91 Å². The Morgan fingerprint density at radius 1 is 1.03 bits per heavy atom. The smallest absolute Gasteiger partial charge is 0.367 e. The first-order valence-corrected chi connectivity index (χ1v) is 9.81. The molecule has 16 heteroatoms. The number of carboxylic acids is 1. The number of aliphatic carboxylic acids is 1. The van der Waals surface area contributed by atoms with Gasteiger partial charge in [-0.25, -0.2) is 4.79 Å². The van der Waals surface area contributed by atoms with Crippen LogP contribution >= 0.6 is 0 Å². The summed E-state index contributed by atoms with van der Waals surface area (Å²) in [4.78, 5) is 23.6. The van der Waals surface area contributed by atoms with Crippen LogP contribution in [0.5, 0.6) is 0 Å². The lowest BCUT2D eigenvalue weighted by atomic mass is 9.86. The molecule has 1 amide bonds. The van der Waals surface area contributed by atoms with Gasteiger partial charge in [-0.1, -0.05) is 0 Å². The number of hydrogen-bond donors (Lipinski definition) is 11. The molecule has 0 aromatic carbocycles. The van der Waals surface area contributed by atoms with E-state index in [9.17, 15) is 55.5 Å². The van der Waals surface area contributed by atoms with Gasteiger partial charge in [0.15, 0.2) is 6.29 Å². The Labute approximate surface area is 186 Å². The molecule has 192 valence electrons. The van der Waals surface area contributed by atoms with Crippen molar-refractivity contribution in [2.24, 2.45) is 0 Å². The van der Waals surface area contributed by atoms with Crippen LogP contribution in [0.25, 0.3) is 0 Å². The van der Waals surface area contributed by atoms with Gasteiger partial charge in [0.25, 0.3) is 5.79 Å². The van der Waals surface area contributed by atoms with Crippen LogP contribution in [0.4, 0.5) is 0 Å². The minimum Gasteiger partial charge on any atom is -0.477 e. The van der Waals surface area contributed by atoms with E-state index in [1.807, 2.05) is 0 Å². The van der Waals surface area contributed by atoms with Crippen molar-refractivity contribution in [1.82, 2.24) is 5.32 Å². The predicted octanol–water partition coefficient (Wildman–Crippen LogP) is -7.08. The van der Waals surface area contributed by atoms with Crippen LogP contribution in [-0.4, -0.2) is 149 Å². The highest BCUT2D eigenvalue weighted by atomic mass is 16.7.